The molecular weight excluding hydrogens is 398 g/mol. The Kier molecular flexibility index (Phi) is 4.53. The summed E-state index contributed by atoms with van der Waals surface area (Å²) in [4.78, 5) is 42.8. The van der Waals surface area contributed by atoms with Crippen LogP contribution >= 0.6 is 0 Å². The van der Waals surface area contributed by atoms with Crippen molar-refractivity contribution >= 4 is 27.6 Å². The Labute approximate surface area is 167 Å². The molecule has 1 fully saturated rings. The molecule has 1 aromatic carbocycles. The second-order valence-corrected chi connectivity index (χ2v) is 9.68. The van der Waals surface area contributed by atoms with Crippen molar-refractivity contribution in [2.75, 3.05) is 11.5 Å². The van der Waals surface area contributed by atoms with E-state index >= 15 is 0 Å². The summed E-state index contributed by atoms with van der Waals surface area (Å²) in [7, 11) is -3.13. The van der Waals surface area contributed by atoms with E-state index in [0.29, 0.717) is 17.2 Å². The molecule has 3 heterocycles. The molecule has 9 nitrogen and oxygen atoms in total. The van der Waals surface area contributed by atoms with Gasteiger partial charge in [0, 0.05) is 6.20 Å². The fourth-order valence-electron chi connectivity index (χ4n) is 3.54. The fraction of sp³-hybridized carbons (Fsp3) is 0.368. The van der Waals surface area contributed by atoms with Gasteiger partial charge in [0.25, 0.3) is 11.8 Å². The molecule has 1 unspecified atom stereocenters. The van der Waals surface area contributed by atoms with Gasteiger partial charge in [0.15, 0.2) is 9.84 Å². The fourth-order valence-corrected chi connectivity index (χ4v) is 5.25. The third-order valence-electron chi connectivity index (χ3n) is 5.04. The predicted molar refractivity (Wildman–Crippen MR) is 101 cm³/mol. The molecule has 2 aromatic rings. The molecule has 10 heteroatoms. The van der Waals surface area contributed by atoms with Gasteiger partial charge in [0.05, 0.1) is 34.4 Å². The smallest absolute Gasteiger partial charge is 0.324 e. The Hall–Kier alpha value is -3.01. The molecule has 0 spiro atoms. The zero-order chi connectivity index (χ0) is 20.9. The van der Waals surface area contributed by atoms with Crippen LogP contribution < -0.4 is 0 Å². The average molecular weight is 417 g/mol. The average Bonchev–Trinajstić information content (AvgIpc) is 3.33. The van der Waals surface area contributed by atoms with Gasteiger partial charge in [0.1, 0.15) is 5.56 Å². The number of rotatable bonds is 4. The van der Waals surface area contributed by atoms with Crippen molar-refractivity contribution in [3.63, 3.8) is 0 Å². The van der Waals surface area contributed by atoms with E-state index in [1.807, 2.05) is 13.8 Å². The van der Waals surface area contributed by atoms with Gasteiger partial charge >= 0.3 is 5.97 Å². The Morgan fingerprint density at radius 3 is 2.31 bits per heavy atom. The summed E-state index contributed by atoms with van der Waals surface area (Å²) in [5.74, 6) is -2.43. The maximum atomic E-state index is 12.8. The van der Waals surface area contributed by atoms with Gasteiger partial charge in [-0.3, -0.25) is 14.3 Å². The van der Waals surface area contributed by atoms with Gasteiger partial charge in [-0.1, -0.05) is 31.0 Å². The monoisotopic (exact) mass is 417 g/mol. The van der Waals surface area contributed by atoms with Crippen molar-refractivity contribution < 1.29 is 27.6 Å². The van der Waals surface area contributed by atoms with Crippen molar-refractivity contribution in [1.82, 2.24) is 14.8 Å². The minimum absolute atomic E-state index is 0.0426. The lowest BCUT2D eigenvalue weighted by Gasteiger charge is -2.13. The number of fused-ring (bicyclic) bond motifs is 1. The van der Waals surface area contributed by atoms with Crippen molar-refractivity contribution in [1.29, 1.82) is 0 Å². The molecular formula is C19H19N3O6S. The quantitative estimate of drug-likeness (QED) is 0.696. The second-order valence-electron chi connectivity index (χ2n) is 7.45. The van der Waals surface area contributed by atoms with Crippen LogP contribution in [-0.4, -0.2) is 52.6 Å². The number of benzene rings is 1. The second kappa shape index (κ2) is 6.80. The number of sulfone groups is 1. The summed E-state index contributed by atoms with van der Waals surface area (Å²) in [6, 6.07) is 5.85. The van der Waals surface area contributed by atoms with Crippen molar-refractivity contribution in [2.24, 2.45) is 0 Å². The number of hydrogen-bond acceptors (Lipinski definition) is 7. The summed E-state index contributed by atoms with van der Waals surface area (Å²) in [5, 5.41) is 4.85. The number of nitrogens with zero attached hydrogens (tertiary/aromatic N) is 3. The van der Waals surface area contributed by atoms with E-state index in [2.05, 4.69) is 5.10 Å². The van der Waals surface area contributed by atoms with Crippen LogP contribution in [0.2, 0.25) is 0 Å². The van der Waals surface area contributed by atoms with Gasteiger partial charge < -0.3 is 4.84 Å². The molecule has 2 aliphatic rings. The normalized spacial score (nSPS) is 20.4. The molecule has 0 bridgehead atoms. The molecule has 1 saturated heterocycles. The largest absolute Gasteiger partial charge is 0.367 e. The standard InChI is InChI=1S/C19H19N3O6S/c1-11(2)16-15(9-21(20-16)12-7-8-29(26,27)10-12)19(25)28-22-17(23)13-5-3-4-6-14(13)18(22)24/h3-6,9,11-12H,7-8,10H2,1-2H3. The predicted octanol–water partition coefficient (Wildman–Crippen LogP) is 1.73. The molecule has 1 aromatic heterocycles. The number of imide groups is 1. The Morgan fingerprint density at radius 2 is 1.79 bits per heavy atom. The van der Waals surface area contributed by atoms with Crippen LogP contribution in [0.5, 0.6) is 0 Å². The van der Waals surface area contributed by atoms with Gasteiger partial charge in [0.2, 0.25) is 0 Å². The molecule has 0 N–H and O–H groups in total. The maximum Gasteiger partial charge on any atom is 0.367 e. The van der Waals surface area contributed by atoms with E-state index in [1.165, 1.54) is 23.0 Å². The lowest BCUT2D eigenvalue weighted by atomic mass is 10.1. The van der Waals surface area contributed by atoms with Crippen LogP contribution in [0, 0.1) is 0 Å². The number of amides is 2. The lowest BCUT2D eigenvalue weighted by Crippen LogP contribution is -2.32. The van der Waals surface area contributed by atoms with Crippen molar-refractivity contribution in [3.8, 4) is 0 Å². The van der Waals surface area contributed by atoms with Crippen LogP contribution in [0.25, 0.3) is 0 Å². The van der Waals surface area contributed by atoms with E-state index in [0.717, 1.165) is 0 Å². The Morgan fingerprint density at radius 1 is 1.17 bits per heavy atom. The van der Waals surface area contributed by atoms with Crippen LogP contribution in [0.3, 0.4) is 0 Å². The molecule has 1 atom stereocenters. The summed E-state index contributed by atoms with van der Waals surface area (Å²) in [6.07, 6.45) is 1.84. The topological polar surface area (TPSA) is 116 Å². The number of hydroxylamine groups is 2. The van der Waals surface area contributed by atoms with Crippen LogP contribution in [0.1, 0.15) is 69.0 Å². The summed E-state index contributed by atoms with van der Waals surface area (Å²) in [5.41, 5.74) is 0.847. The van der Waals surface area contributed by atoms with Crippen molar-refractivity contribution in [2.45, 2.75) is 32.2 Å². The van der Waals surface area contributed by atoms with E-state index in [-0.39, 0.29) is 40.2 Å². The van der Waals surface area contributed by atoms with E-state index < -0.39 is 27.6 Å². The van der Waals surface area contributed by atoms with Gasteiger partial charge in [-0.05, 0) is 24.5 Å². The first-order chi connectivity index (χ1) is 13.7. The van der Waals surface area contributed by atoms with Gasteiger partial charge in [-0.2, -0.15) is 5.10 Å². The lowest BCUT2D eigenvalue weighted by molar-refractivity contribution is -0.0585. The van der Waals surface area contributed by atoms with Gasteiger partial charge in [-0.25, -0.2) is 13.2 Å². The van der Waals surface area contributed by atoms with Crippen LogP contribution in [0.15, 0.2) is 30.5 Å². The third kappa shape index (κ3) is 3.33. The summed E-state index contributed by atoms with van der Waals surface area (Å²) >= 11 is 0. The molecule has 2 amide bonds. The molecule has 0 radical (unpaired) electrons. The number of aromatic nitrogens is 2. The maximum absolute atomic E-state index is 12.8. The zero-order valence-electron chi connectivity index (χ0n) is 15.9. The highest BCUT2D eigenvalue weighted by atomic mass is 32.2. The Bertz CT molecular complexity index is 1100. The SMILES string of the molecule is CC(C)c1nn(C2CCS(=O)(=O)C2)cc1C(=O)ON1C(=O)c2ccccc2C1=O. The first kappa shape index (κ1) is 19.3. The first-order valence-electron chi connectivity index (χ1n) is 9.17. The number of hydrogen-bond donors (Lipinski definition) is 0. The zero-order valence-corrected chi connectivity index (χ0v) is 16.7. The molecule has 0 aliphatic carbocycles. The number of carbonyl (C=O) groups is 3. The van der Waals surface area contributed by atoms with Crippen molar-refractivity contribution in [3.05, 3.63) is 52.8 Å². The van der Waals surface area contributed by atoms with E-state index in [4.69, 9.17) is 4.84 Å². The summed E-state index contributed by atoms with van der Waals surface area (Å²) < 4.78 is 25.0. The third-order valence-corrected chi connectivity index (χ3v) is 6.79. The van der Waals surface area contributed by atoms with Crippen LogP contribution in [0.4, 0.5) is 0 Å². The van der Waals surface area contributed by atoms with E-state index in [1.54, 1.807) is 12.1 Å². The number of carbonyl (C=O) groups excluding carboxylic acids is 3. The first-order valence-corrected chi connectivity index (χ1v) is 11.0. The van der Waals surface area contributed by atoms with E-state index in [9.17, 15) is 22.8 Å². The molecule has 2 aliphatic heterocycles. The summed E-state index contributed by atoms with van der Waals surface area (Å²) in [6.45, 7) is 3.66. The highest BCUT2D eigenvalue weighted by Crippen LogP contribution is 2.28. The molecule has 29 heavy (non-hydrogen) atoms. The Balaban J connectivity index is 1.61. The highest BCUT2D eigenvalue weighted by molar-refractivity contribution is 7.91. The van der Waals surface area contributed by atoms with Gasteiger partial charge in [-0.15, -0.1) is 0 Å². The molecule has 152 valence electrons. The molecule has 4 rings (SSSR count). The highest BCUT2D eigenvalue weighted by Gasteiger charge is 2.40. The van der Waals surface area contributed by atoms with Crippen LogP contribution in [-0.2, 0) is 14.7 Å². The molecule has 0 saturated carbocycles. The minimum Gasteiger partial charge on any atom is -0.324 e. The minimum atomic E-state index is -3.13.